The highest BCUT2D eigenvalue weighted by Crippen LogP contribution is 2.31. The summed E-state index contributed by atoms with van der Waals surface area (Å²) in [6.07, 6.45) is 8.15. The summed E-state index contributed by atoms with van der Waals surface area (Å²) >= 11 is 0. The topological polar surface area (TPSA) is 60.4 Å². The lowest BCUT2D eigenvalue weighted by Gasteiger charge is -2.50. The van der Waals surface area contributed by atoms with Gasteiger partial charge in [-0.05, 0) is 71.8 Å². The number of carbonyl (C=O) groups excluding carboxylic acids is 1. The van der Waals surface area contributed by atoms with E-state index in [9.17, 15) is 4.79 Å². The van der Waals surface area contributed by atoms with E-state index in [1.807, 2.05) is 7.05 Å². The van der Waals surface area contributed by atoms with Gasteiger partial charge in [-0.1, -0.05) is 6.42 Å². The highest BCUT2D eigenvalue weighted by Gasteiger charge is 2.40. The molecule has 3 rings (SSSR count). The van der Waals surface area contributed by atoms with E-state index in [0.29, 0.717) is 0 Å². The van der Waals surface area contributed by atoms with E-state index in [1.54, 1.807) is 0 Å². The third-order valence-electron chi connectivity index (χ3n) is 7.06. The fourth-order valence-corrected chi connectivity index (χ4v) is 5.08. The number of hydrogen-bond donors (Lipinski definition) is 1. The van der Waals surface area contributed by atoms with Gasteiger partial charge >= 0.3 is 5.97 Å². The molecule has 0 aromatic heterocycles. The van der Waals surface area contributed by atoms with Gasteiger partial charge in [0.25, 0.3) is 0 Å². The third-order valence-corrected chi connectivity index (χ3v) is 7.06. The first-order valence-corrected chi connectivity index (χ1v) is 11.0. The number of carbonyl (C=O) groups is 1. The first-order valence-electron chi connectivity index (χ1n) is 11.0. The van der Waals surface area contributed by atoms with Crippen molar-refractivity contribution in [2.45, 2.75) is 50.5 Å². The number of aliphatic imine (C=N–C) groups is 1. The lowest BCUT2D eigenvalue weighted by Crippen LogP contribution is -2.62. The van der Waals surface area contributed by atoms with Crippen LogP contribution in [-0.2, 0) is 9.53 Å². The molecule has 28 heavy (non-hydrogen) atoms. The lowest BCUT2D eigenvalue weighted by atomic mass is 9.84. The van der Waals surface area contributed by atoms with Gasteiger partial charge in [0.15, 0.2) is 5.96 Å². The molecule has 3 saturated heterocycles. The maximum atomic E-state index is 11.8. The number of guanidine groups is 1. The Kier molecular flexibility index (Phi) is 7.57. The minimum Gasteiger partial charge on any atom is -0.469 e. The second-order valence-corrected chi connectivity index (χ2v) is 8.76. The Morgan fingerprint density at radius 2 is 1.71 bits per heavy atom. The molecule has 0 unspecified atom stereocenters. The molecule has 0 atom stereocenters. The molecule has 3 aliphatic heterocycles. The molecule has 160 valence electrons. The summed E-state index contributed by atoms with van der Waals surface area (Å²) in [5.41, 5.74) is 0.243. The Bertz CT molecular complexity index is 531. The molecule has 7 heteroatoms. The summed E-state index contributed by atoms with van der Waals surface area (Å²) in [6.45, 7) is 7.48. The molecule has 1 N–H and O–H groups in total. The van der Waals surface area contributed by atoms with E-state index in [-0.39, 0.29) is 17.4 Å². The van der Waals surface area contributed by atoms with Crippen molar-refractivity contribution in [2.75, 3.05) is 67.0 Å². The van der Waals surface area contributed by atoms with Crippen molar-refractivity contribution in [1.29, 1.82) is 0 Å². The monoisotopic (exact) mass is 393 g/mol. The second-order valence-electron chi connectivity index (χ2n) is 8.76. The van der Waals surface area contributed by atoms with Gasteiger partial charge in [-0.2, -0.15) is 0 Å². The molecule has 0 amide bonds. The normalized spacial score (nSPS) is 25.5. The first-order chi connectivity index (χ1) is 13.6. The molecular formula is C21H39N5O2. The third kappa shape index (κ3) is 4.98. The maximum absolute atomic E-state index is 11.8. The molecule has 7 nitrogen and oxygen atoms in total. The van der Waals surface area contributed by atoms with Gasteiger partial charge in [-0.3, -0.25) is 14.7 Å². The van der Waals surface area contributed by atoms with Gasteiger partial charge in [0, 0.05) is 32.2 Å². The number of nitrogens with one attached hydrogen (secondary N) is 1. The minimum absolute atomic E-state index is 0.0351. The van der Waals surface area contributed by atoms with Gasteiger partial charge in [0.2, 0.25) is 0 Å². The maximum Gasteiger partial charge on any atom is 0.308 e. The molecule has 0 bridgehead atoms. The summed E-state index contributed by atoms with van der Waals surface area (Å²) in [7, 11) is 5.59. The van der Waals surface area contributed by atoms with Crippen molar-refractivity contribution >= 4 is 11.9 Å². The van der Waals surface area contributed by atoms with E-state index in [2.05, 4.69) is 32.1 Å². The molecule has 3 fully saturated rings. The number of ether oxygens (including phenoxy) is 1. The Labute approximate surface area is 170 Å². The fraction of sp³-hybridized carbons (Fsp3) is 0.905. The van der Waals surface area contributed by atoms with Crippen molar-refractivity contribution in [3.8, 4) is 0 Å². The Morgan fingerprint density at radius 3 is 2.29 bits per heavy atom. The number of hydrogen-bond acceptors (Lipinski definition) is 5. The van der Waals surface area contributed by atoms with Crippen LogP contribution in [0.2, 0.25) is 0 Å². The number of rotatable bonds is 4. The molecule has 3 aliphatic rings. The summed E-state index contributed by atoms with van der Waals surface area (Å²) in [6, 6.07) is 0. The van der Waals surface area contributed by atoms with Crippen LogP contribution in [0, 0.1) is 5.92 Å². The van der Waals surface area contributed by atoms with E-state index < -0.39 is 0 Å². The van der Waals surface area contributed by atoms with Crippen molar-refractivity contribution in [1.82, 2.24) is 20.0 Å². The average Bonchev–Trinajstić information content (AvgIpc) is 2.76. The van der Waals surface area contributed by atoms with Crippen LogP contribution < -0.4 is 5.32 Å². The summed E-state index contributed by atoms with van der Waals surface area (Å²) in [5, 5.41) is 3.72. The highest BCUT2D eigenvalue weighted by molar-refractivity contribution is 5.80. The first kappa shape index (κ1) is 21.4. The minimum atomic E-state index is -0.0713. The predicted octanol–water partition coefficient (Wildman–Crippen LogP) is 1.40. The van der Waals surface area contributed by atoms with Crippen molar-refractivity contribution < 1.29 is 9.53 Å². The summed E-state index contributed by atoms with van der Waals surface area (Å²) < 4.78 is 4.91. The van der Waals surface area contributed by atoms with Crippen LogP contribution in [0.25, 0.3) is 0 Å². The van der Waals surface area contributed by atoms with E-state index in [1.165, 1.54) is 65.4 Å². The fourth-order valence-electron chi connectivity index (χ4n) is 5.08. The van der Waals surface area contributed by atoms with Crippen LogP contribution in [0.15, 0.2) is 4.99 Å². The van der Waals surface area contributed by atoms with Crippen molar-refractivity contribution in [3.05, 3.63) is 0 Å². The summed E-state index contributed by atoms with van der Waals surface area (Å²) in [4.78, 5) is 23.9. The van der Waals surface area contributed by atoms with Crippen LogP contribution in [0.4, 0.5) is 0 Å². The Balaban J connectivity index is 1.59. The van der Waals surface area contributed by atoms with Crippen molar-refractivity contribution in [2.24, 2.45) is 10.9 Å². The van der Waals surface area contributed by atoms with E-state index in [0.717, 1.165) is 38.4 Å². The second kappa shape index (κ2) is 9.92. The van der Waals surface area contributed by atoms with Crippen LogP contribution >= 0.6 is 0 Å². The van der Waals surface area contributed by atoms with Gasteiger partial charge in [0.1, 0.15) is 0 Å². The van der Waals surface area contributed by atoms with Gasteiger partial charge in [0.05, 0.1) is 13.0 Å². The number of likely N-dealkylation sites (tertiary alicyclic amines) is 3. The zero-order valence-corrected chi connectivity index (χ0v) is 18.1. The lowest BCUT2D eigenvalue weighted by molar-refractivity contribution is -0.146. The molecule has 0 radical (unpaired) electrons. The molecular weight excluding hydrogens is 354 g/mol. The van der Waals surface area contributed by atoms with Gasteiger partial charge in [-0.15, -0.1) is 0 Å². The van der Waals surface area contributed by atoms with E-state index >= 15 is 0 Å². The molecule has 0 aromatic carbocycles. The number of nitrogens with zero attached hydrogens (tertiary/aromatic N) is 4. The SMILES string of the molecule is CN=C(NCC1(N2CCCCC2)CCN(C)CC1)N1CCC(C(=O)OC)CC1. The number of methoxy groups -OCH3 is 1. The smallest absolute Gasteiger partial charge is 0.308 e. The molecule has 0 aliphatic carbocycles. The highest BCUT2D eigenvalue weighted by atomic mass is 16.5. The average molecular weight is 394 g/mol. The van der Waals surface area contributed by atoms with Crippen LogP contribution in [-0.4, -0.2) is 99.2 Å². The van der Waals surface area contributed by atoms with Crippen LogP contribution in [0.5, 0.6) is 0 Å². The predicted molar refractivity (Wildman–Crippen MR) is 113 cm³/mol. The quantitative estimate of drug-likeness (QED) is 0.443. The standard InChI is InChI=1S/C21H39N5O2/c1-22-20(25-13-7-18(8-14-25)19(27)28-3)23-17-21(9-15-24(2)16-10-21)26-11-5-4-6-12-26/h18H,4-17H2,1-3H3,(H,22,23). The Hall–Kier alpha value is -1.34. The zero-order chi connectivity index (χ0) is 20.0. The van der Waals surface area contributed by atoms with Crippen LogP contribution in [0.3, 0.4) is 0 Å². The molecule has 0 saturated carbocycles. The number of esters is 1. The zero-order valence-electron chi connectivity index (χ0n) is 18.1. The molecule has 0 aromatic rings. The van der Waals surface area contributed by atoms with Crippen molar-refractivity contribution in [3.63, 3.8) is 0 Å². The molecule has 0 spiro atoms. The van der Waals surface area contributed by atoms with Gasteiger partial charge in [-0.25, -0.2) is 0 Å². The van der Waals surface area contributed by atoms with Gasteiger partial charge < -0.3 is 19.9 Å². The largest absolute Gasteiger partial charge is 0.469 e. The van der Waals surface area contributed by atoms with Crippen LogP contribution in [0.1, 0.15) is 44.9 Å². The Morgan fingerprint density at radius 1 is 1.07 bits per heavy atom. The van der Waals surface area contributed by atoms with E-state index in [4.69, 9.17) is 4.74 Å². The number of piperidine rings is 3. The molecule has 3 heterocycles. The summed E-state index contributed by atoms with van der Waals surface area (Å²) in [5.74, 6) is 0.949.